The van der Waals surface area contributed by atoms with Gasteiger partial charge >= 0.3 is 6.18 Å². The zero-order valence-electron chi connectivity index (χ0n) is 11.4. The summed E-state index contributed by atoms with van der Waals surface area (Å²) in [7, 11) is -3.43. The second-order valence-electron chi connectivity index (χ2n) is 4.72. The molecule has 0 atom stereocenters. The molecular formula is C15H11F3O3S. The lowest BCUT2D eigenvalue weighted by Crippen LogP contribution is -2.07. The molecule has 116 valence electrons. The van der Waals surface area contributed by atoms with E-state index < -0.39 is 21.6 Å². The first-order chi connectivity index (χ1) is 10.1. The van der Waals surface area contributed by atoms with Crippen molar-refractivity contribution in [3.63, 3.8) is 0 Å². The van der Waals surface area contributed by atoms with Crippen LogP contribution in [0, 0.1) is 0 Å². The number of alkyl halides is 3. The van der Waals surface area contributed by atoms with E-state index in [1.807, 2.05) is 0 Å². The monoisotopic (exact) mass is 328 g/mol. The third kappa shape index (κ3) is 3.36. The van der Waals surface area contributed by atoms with Gasteiger partial charge in [-0.25, -0.2) is 8.42 Å². The molecule has 0 saturated heterocycles. The molecule has 2 aromatic rings. The molecule has 2 rings (SSSR count). The Bertz CT molecular complexity index is 807. The number of halogens is 3. The highest BCUT2D eigenvalue weighted by atomic mass is 32.2. The van der Waals surface area contributed by atoms with Gasteiger partial charge in [-0.15, -0.1) is 0 Å². The van der Waals surface area contributed by atoms with Gasteiger partial charge in [-0.1, -0.05) is 18.2 Å². The molecule has 0 aromatic heterocycles. The number of hydrogen-bond acceptors (Lipinski definition) is 3. The highest BCUT2D eigenvalue weighted by Gasteiger charge is 2.33. The maximum atomic E-state index is 13.1. The summed E-state index contributed by atoms with van der Waals surface area (Å²) in [6.07, 6.45) is -3.11. The van der Waals surface area contributed by atoms with Crippen LogP contribution in [0.5, 0.6) is 0 Å². The maximum Gasteiger partial charge on any atom is 0.417 e. The summed E-state index contributed by atoms with van der Waals surface area (Å²) in [6, 6.07) is 8.10. The van der Waals surface area contributed by atoms with Gasteiger partial charge in [-0.05, 0) is 35.4 Å². The van der Waals surface area contributed by atoms with Gasteiger partial charge in [-0.2, -0.15) is 13.2 Å². The number of rotatable bonds is 3. The highest BCUT2D eigenvalue weighted by molar-refractivity contribution is 7.90. The van der Waals surface area contributed by atoms with Crippen LogP contribution in [0.4, 0.5) is 13.2 Å². The van der Waals surface area contributed by atoms with E-state index in [1.54, 1.807) is 0 Å². The molecule has 3 nitrogen and oxygen atoms in total. The molecule has 22 heavy (non-hydrogen) atoms. The minimum Gasteiger partial charge on any atom is -0.298 e. The second-order valence-corrected chi connectivity index (χ2v) is 6.73. The standard InChI is InChI=1S/C15H11F3O3S/c1-22(20,21)12-5-3-11(4-6-12)13-8-10(9-19)2-7-14(13)15(16,17)18/h2-9H,1H3. The Labute approximate surface area is 125 Å². The summed E-state index contributed by atoms with van der Waals surface area (Å²) in [5.74, 6) is 0. The quantitative estimate of drug-likeness (QED) is 0.809. The fourth-order valence-electron chi connectivity index (χ4n) is 2.00. The molecule has 0 aliphatic rings. The van der Waals surface area contributed by atoms with Crippen LogP contribution in [0.2, 0.25) is 0 Å². The van der Waals surface area contributed by atoms with Crippen LogP contribution in [0.1, 0.15) is 15.9 Å². The number of carbonyl (C=O) groups excluding carboxylic acids is 1. The molecule has 7 heteroatoms. The minimum atomic E-state index is -4.58. The molecule has 0 unspecified atom stereocenters. The Hall–Kier alpha value is -2.15. The Morgan fingerprint density at radius 2 is 1.59 bits per heavy atom. The van der Waals surface area contributed by atoms with Crippen molar-refractivity contribution >= 4 is 16.1 Å². The molecule has 0 aliphatic carbocycles. The van der Waals surface area contributed by atoms with Crippen LogP contribution in [-0.2, 0) is 16.0 Å². The first-order valence-electron chi connectivity index (χ1n) is 6.10. The van der Waals surface area contributed by atoms with Crippen molar-refractivity contribution in [1.82, 2.24) is 0 Å². The Morgan fingerprint density at radius 1 is 1.00 bits per heavy atom. The first-order valence-corrected chi connectivity index (χ1v) is 7.99. The topological polar surface area (TPSA) is 51.2 Å². The van der Waals surface area contributed by atoms with Gasteiger partial charge in [0, 0.05) is 11.8 Å². The number of aldehydes is 1. The van der Waals surface area contributed by atoms with Crippen molar-refractivity contribution in [2.24, 2.45) is 0 Å². The lowest BCUT2D eigenvalue weighted by molar-refractivity contribution is -0.137. The molecule has 0 heterocycles. The van der Waals surface area contributed by atoms with E-state index in [9.17, 15) is 26.4 Å². The Balaban J connectivity index is 2.62. The largest absolute Gasteiger partial charge is 0.417 e. The van der Waals surface area contributed by atoms with Gasteiger partial charge in [0.15, 0.2) is 9.84 Å². The van der Waals surface area contributed by atoms with E-state index in [0.717, 1.165) is 24.5 Å². The summed E-state index contributed by atoms with van der Waals surface area (Å²) in [6.45, 7) is 0. The third-order valence-electron chi connectivity index (χ3n) is 3.08. The van der Waals surface area contributed by atoms with Crippen LogP contribution in [0.3, 0.4) is 0 Å². The number of hydrogen-bond donors (Lipinski definition) is 0. The number of benzene rings is 2. The number of sulfone groups is 1. The molecule has 0 N–H and O–H groups in total. The fraction of sp³-hybridized carbons (Fsp3) is 0.133. The summed E-state index contributed by atoms with van der Waals surface area (Å²) in [5, 5.41) is 0. The Morgan fingerprint density at radius 3 is 2.05 bits per heavy atom. The normalized spacial score (nSPS) is 12.2. The van der Waals surface area contributed by atoms with Crippen LogP contribution in [0.15, 0.2) is 47.4 Å². The van der Waals surface area contributed by atoms with E-state index in [1.165, 1.54) is 24.3 Å². The zero-order valence-corrected chi connectivity index (χ0v) is 12.2. The molecule has 0 spiro atoms. The summed E-state index contributed by atoms with van der Waals surface area (Å²) in [5.41, 5.74) is -0.763. The van der Waals surface area contributed by atoms with Crippen molar-refractivity contribution in [3.8, 4) is 11.1 Å². The van der Waals surface area contributed by atoms with Gasteiger partial charge < -0.3 is 0 Å². The molecule has 2 aromatic carbocycles. The van der Waals surface area contributed by atoms with Gasteiger partial charge in [0.2, 0.25) is 0 Å². The Kier molecular flexibility index (Phi) is 4.10. The lowest BCUT2D eigenvalue weighted by atomic mass is 9.97. The van der Waals surface area contributed by atoms with E-state index in [-0.39, 0.29) is 21.6 Å². The predicted octanol–water partition coefficient (Wildman–Crippen LogP) is 3.59. The summed E-state index contributed by atoms with van der Waals surface area (Å²) in [4.78, 5) is 10.8. The van der Waals surface area contributed by atoms with Crippen molar-refractivity contribution < 1.29 is 26.4 Å². The molecule has 0 saturated carbocycles. The zero-order chi connectivity index (χ0) is 16.5. The molecular weight excluding hydrogens is 317 g/mol. The molecule has 0 radical (unpaired) electrons. The smallest absolute Gasteiger partial charge is 0.298 e. The first kappa shape index (κ1) is 16.2. The van der Waals surface area contributed by atoms with E-state index in [0.29, 0.717) is 6.29 Å². The van der Waals surface area contributed by atoms with Crippen LogP contribution in [0.25, 0.3) is 11.1 Å². The van der Waals surface area contributed by atoms with Crippen LogP contribution in [-0.4, -0.2) is 21.0 Å². The molecule has 0 amide bonds. The average Bonchev–Trinajstić information content (AvgIpc) is 2.45. The minimum absolute atomic E-state index is 0.0105. The van der Waals surface area contributed by atoms with Crippen molar-refractivity contribution in [3.05, 3.63) is 53.6 Å². The van der Waals surface area contributed by atoms with Crippen LogP contribution >= 0.6 is 0 Å². The fourth-order valence-corrected chi connectivity index (χ4v) is 2.63. The third-order valence-corrected chi connectivity index (χ3v) is 4.21. The number of carbonyl (C=O) groups is 1. The van der Waals surface area contributed by atoms with Gasteiger partial charge in [-0.3, -0.25) is 4.79 Å². The average molecular weight is 328 g/mol. The predicted molar refractivity (Wildman–Crippen MR) is 75.4 cm³/mol. The van der Waals surface area contributed by atoms with Crippen molar-refractivity contribution in [2.75, 3.05) is 6.26 Å². The van der Waals surface area contributed by atoms with Gasteiger partial charge in [0.1, 0.15) is 6.29 Å². The maximum absolute atomic E-state index is 13.1. The molecule has 0 bridgehead atoms. The highest BCUT2D eigenvalue weighted by Crippen LogP contribution is 2.37. The van der Waals surface area contributed by atoms with Crippen molar-refractivity contribution in [2.45, 2.75) is 11.1 Å². The van der Waals surface area contributed by atoms with Crippen LogP contribution < -0.4 is 0 Å². The van der Waals surface area contributed by atoms with E-state index in [4.69, 9.17) is 0 Å². The van der Waals surface area contributed by atoms with E-state index >= 15 is 0 Å². The van der Waals surface area contributed by atoms with Gasteiger partial charge in [0.05, 0.1) is 10.5 Å². The second kappa shape index (κ2) is 5.57. The summed E-state index contributed by atoms with van der Waals surface area (Å²) < 4.78 is 61.9. The molecule has 0 fully saturated rings. The van der Waals surface area contributed by atoms with Crippen molar-refractivity contribution in [1.29, 1.82) is 0 Å². The lowest BCUT2D eigenvalue weighted by Gasteiger charge is -2.14. The summed E-state index contributed by atoms with van der Waals surface area (Å²) >= 11 is 0. The van der Waals surface area contributed by atoms with Gasteiger partial charge in [0.25, 0.3) is 0 Å². The SMILES string of the molecule is CS(=O)(=O)c1ccc(-c2cc(C=O)ccc2C(F)(F)F)cc1. The van der Waals surface area contributed by atoms with E-state index in [2.05, 4.69) is 0 Å². The molecule has 0 aliphatic heterocycles.